The summed E-state index contributed by atoms with van der Waals surface area (Å²) in [4.78, 5) is 19.1. The van der Waals surface area contributed by atoms with Gasteiger partial charge >= 0.3 is 6.36 Å². The third kappa shape index (κ3) is 6.29. The number of nitro benzene ring substituents is 1. The van der Waals surface area contributed by atoms with E-state index >= 15 is 0 Å². The van der Waals surface area contributed by atoms with E-state index in [1.807, 2.05) is 6.92 Å². The molecule has 3 aromatic rings. The minimum Gasteiger partial charge on any atom is -0.406 e. The lowest BCUT2D eigenvalue weighted by Gasteiger charge is -2.12. The summed E-state index contributed by atoms with van der Waals surface area (Å²) >= 11 is 0. The number of nitro groups is 1. The third-order valence-electron chi connectivity index (χ3n) is 4.02. The van der Waals surface area contributed by atoms with Crippen LogP contribution in [0.3, 0.4) is 0 Å². The van der Waals surface area contributed by atoms with Gasteiger partial charge in [-0.15, -0.1) is 13.2 Å². The molecule has 8 nitrogen and oxygen atoms in total. The third-order valence-corrected chi connectivity index (χ3v) is 4.02. The summed E-state index contributed by atoms with van der Waals surface area (Å²) in [5, 5.41) is 17.0. The minimum absolute atomic E-state index is 0.0301. The molecule has 2 N–H and O–H groups in total. The zero-order chi connectivity index (χ0) is 22.4. The molecule has 31 heavy (non-hydrogen) atoms. The molecular formula is C20H18F3N5O3. The van der Waals surface area contributed by atoms with Gasteiger partial charge in [-0.2, -0.15) is 4.98 Å². The van der Waals surface area contributed by atoms with Gasteiger partial charge in [-0.1, -0.05) is 24.3 Å². The number of anilines is 2. The molecule has 0 saturated heterocycles. The largest absolute Gasteiger partial charge is 0.573 e. The smallest absolute Gasteiger partial charge is 0.406 e. The number of halogens is 3. The van der Waals surface area contributed by atoms with E-state index in [-0.39, 0.29) is 23.9 Å². The molecule has 0 saturated carbocycles. The first-order chi connectivity index (χ1) is 14.7. The quantitative estimate of drug-likeness (QED) is 0.381. The van der Waals surface area contributed by atoms with E-state index in [1.54, 1.807) is 24.3 Å². The fraction of sp³-hybridized carbons (Fsp3) is 0.200. The van der Waals surface area contributed by atoms with Gasteiger partial charge in [0.2, 0.25) is 5.95 Å². The van der Waals surface area contributed by atoms with Crippen LogP contribution >= 0.6 is 0 Å². The molecule has 1 aromatic heterocycles. The van der Waals surface area contributed by atoms with Crippen molar-refractivity contribution in [3.63, 3.8) is 0 Å². The first-order valence-electron chi connectivity index (χ1n) is 9.20. The van der Waals surface area contributed by atoms with Crippen molar-refractivity contribution in [2.45, 2.75) is 19.8 Å². The number of nitrogens with zero attached hydrogens (tertiary/aromatic N) is 3. The predicted octanol–water partition coefficient (Wildman–Crippen LogP) is 4.99. The number of hydrogen-bond acceptors (Lipinski definition) is 7. The van der Waals surface area contributed by atoms with Crippen LogP contribution in [0.2, 0.25) is 0 Å². The first-order valence-corrected chi connectivity index (χ1v) is 9.20. The SMILES string of the molecule is CCNc1nc(NCc2cccc([N+](=O)[O-])c2)cc(-c2cccc(OC(F)(F)F)c2)n1. The molecular weight excluding hydrogens is 415 g/mol. The minimum atomic E-state index is -4.80. The van der Waals surface area contributed by atoms with Gasteiger partial charge in [-0.3, -0.25) is 10.1 Å². The van der Waals surface area contributed by atoms with Gasteiger partial charge < -0.3 is 15.4 Å². The van der Waals surface area contributed by atoms with Crippen LogP contribution in [0.5, 0.6) is 5.75 Å². The Balaban J connectivity index is 1.87. The van der Waals surface area contributed by atoms with Crippen LogP contribution in [0.25, 0.3) is 11.3 Å². The summed E-state index contributed by atoms with van der Waals surface area (Å²) in [5.74, 6) is 0.318. The summed E-state index contributed by atoms with van der Waals surface area (Å²) in [6.07, 6.45) is -4.80. The van der Waals surface area contributed by atoms with Gasteiger partial charge in [0.1, 0.15) is 11.6 Å². The number of ether oxygens (including phenoxy) is 1. The lowest BCUT2D eigenvalue weighted by Crippen LogP contribution is -2.17. The van der Waals surface area contributed by atoms with Crippen molar-refractivity contribution in [1.29, 1.82) is 0 Å². The number of nitrogens with one attached hydrogen (secondary N) is 2. The summed E-state index contributed by atoms with van der Waals surface area (Å²) in [5.41, 5.74) is 1.42. The zero-order valence-corrected chi connectivity index (χ0v) is 16.3. The molecule has 0 aliphatic heterocycles. The first kappa shape index (κ1) is 21.8. The molecule has 2 aromatic carbocycles. The Labute approximate surface area is 175 Å². The van der Waals surface area contributed by atoms with Crippen LogP contribution in [0.4, 0.5) is 30.6 Å². The highest BCUT2D eigenvalue weighted by Gasteiger charge is 2.31. The molecule has 1 heterocycles. The van der Waals surface area contributed by atoms with Crippen molar-refractivity contribution in [1.82, 2.24) is 9.97 Å². The van der Waals surface area contributed by atoms with Gasteiger partial charge in [0.05, 0.1) is 10.6 Å². The molecule has 0 radical (unpaired) electrons. The van der Waals surface area contributed by atoms with Crippen LogP contribution < -0.4 is 15.4 Å². The van der Waals surface area contributed by atoms with Gasteiger partial charge in [0, 0.05) is 36.9 Å². The van der Waals surface area contributed by atoms with E-state index in [0.29, 0.717) is 29.2 Å². The Kier molecular flexibility index (Phi) is 6.53. The molecule has 162 valence electrons. The second kappa shape index (κ2) is 9.28. The van der Waals surface area contributed by atoms with E-state index in [1.165, 1.54) is 30.3 Å². The highest BCUT2D eigenvalue weighted by atomic mass is 19.4. The van der Waals surface area contributed by atoms with E-state index in [4.69, 9.17) is 0 Å². The van der Waals surface area contributed by atoms with E-state index in [2.05, 4.69) is 25.3 Å². The predicted molar refractivity (Wildman–Crippen MR) is 109 cm³/mol. The molecule has 0 amide bonds. The van der Waals surface area contributed by atoms with Gasteiger partial charge in [-0.25, -0.2) is 4.98 Å². The highest BCUT2D eigenvalue weighted by Crippen LogP contribution is 2.28. The number of alkyl halides is 3. The maximum absolute atomic E-state index is 12.5. The molecule has 0 atom stereocenters. The molecule has 0 unspecified atom stereocenters. The number of hydrogen-bond donors (Lipinski definition) is 2. The summed E-state index contributed by atoms with van der Waals surface area (Å²) in [6, 6.07) is 13.2. The molecule has 0 aliphatic carbocycles. The second-order valence-corrected chi connectivity index (χ2v) is 6.35. The van der Waals surface area contributed by atoms with Gasteiger partial charge in [0.25, 0.3) is 5.69 Å². The number of aromatic nitrogens is 2. The maximum Gasteiger partial charge on any atom is 0.573 e. The number of non-ortho nitro benzene ring substituents is 1. The Hall–Kier alpha value is -3.89. The molecule has 0 aliphatic rings. The Morgan fingerprint density at radius 1 is 1.06 bits per heavy atom. The van der Waals surface area contributed by atoms with Crippen molar-refractivity contribution >= 4 is 17.5 Å². The molecule has 3 rings (SSSR count). The topological polar surface area (TPSA) is 102 Å². The van der Waals surface area contributed by atoms with Gasteiger partial charge in [-0.05, 0) is 24.6 Å². The van der Waals surface area contributed by atoms with Gasteiger partial charge in [0.15, 0.2) is 0 Å². The van der Waals surface area contributed by atoms with Crippen LogP contribution in [-0.4, -0.2) is 27.8 Å². The van der Waals surface area contributed by atoms with Crippen molar-refractivity contribution in [3.8, 4) is 17.0 Å². The van der Waals surface area contributed by atoms with Crippen molar-refractivity contribution in [2.75, 3.05) is 17.2 Å². The van der Waals surface area contributed by atoms with E-state index < -0.39 is 11.3 Å². The monoisotopic (exact) mass is 433 g/mol. The normalized spacial score (nSPS) is 11.1. The number of rotatable bonds is 8. The summed E-state index contributed by atoms with van der Waals surface area (Å²) < 4.78 is 41.6. The summed E-state index contributed by atoms with van der Waals surface area (Å²) in [7, 11) is 0. The average molecular weight is 433 g/mol. The molecule has 0 fully saturated rings. The van der Waals surface area contributed by atoms with Crippen LogP contribution in [0.15, 0.2) is 54.6 Å². The Morgan fingerprint density at radius 2 is 1.84 bits per heavy atom. The summed E-state index contributed by atoms with van der Waals surface area (Å²) in [6.45, 7) is 2.63. The fourth-order valence-electron chi connectivity index (χ4n) is 2.75. The standard InChI is InChI=1S/C20H18F3N5O3/c1-2-24-19-26-17(14-6-4-8-16(10-14)31-20(21,22)23)11-18(27-19)25-12-13-5-3-7-15(9-13)28(29)30/h3-11H,2,12H2,1H3,(H2,24,25,26,27). The molecule has 11 heteroatoms. The van der Waals surface area contributed by atoms with Crippen LogP contribution in [0, 0.1) is 10.1 Å². The molecule has 0 spiro atoms. The van der Waals surface area contributed by atoms with Crippen molar-refractivity contribution < 1.29 is 22.8 Å². The van der Waals surface area contributed by atoms with E-state index in [9.17, 15) is 23.3 Å². The van der Waals surface area contributed by atoms with Crippen LogP contribution in [0.1, 0.15) is 12.5 Å². The number of benzene rings is 2. The van der Waals surface area contributed by atoms with Crippen molar-refractivity contribution in [3.05, 3.63) is 70.3 Å². The van der Waals surface area contributed by atoms with E-state index in [0.717, 1.165) is 0 Å². The highest BCUT2D eigenvalue weighted by molar-refractivity contribution is 5.66. The molecule has 0 bridgehead atoms. The Morgan fingerprint density at radius 3 is 2.55 bits per heavy atom. The zero-order valence-electron chi connectivity index (χ0n) is 16.3. The van der Waals surface area contributed by atoms with Crippen LogP contribution in [-0.2, 0) is 6.54 Å². The van der Waals surface area contributed by atoms with Crippen molar-refractivity contribution in [2.24, 2.45) is 0 Å². The lowest BCUT2D eigenvalue weighted by molar-refractivity contribution is -0.384. The maximum atomic E-state index is 12.5. The fourth-order valence-corrected chi connectivity index (χ4v) is 2.75. The average Bonchev–Trinajstić information content (AvgIpc) is 2.71. The second-order valence-electron chi connectivity index (χ2n) is 6.35. The lowest BCUT2D eigenvalue weighted by atomic mass is 10.1. The Bertz CT molecular complexity index is 1080.